The minimum atomic E-state index is -1.01. The number of rotatable bonds is 3. The van der Waals surface area contributed by atoms with Gasteiger partial charge < -0.3 is 10.0 Å². The Balaban J connectivity index is 3.03. The Morgan fingerprint density at radius 2 is 2.33 bits per heavy atom. The lowest BCUT2D eigenvalue weighted by molar-refractivity contribution is 0.0696. The van der Waals surface area contributed by atoms with Crippen LogP contribution in [0.3, 0.4) is 0 Å². The van der Waals surface area contributed by atoms with Crippen LogP contribution in [0, 0.1) is 0 Å². The molecule has 1 N–H and O–H groups in total. The summed E-state index contributed by atoms with van der Waals surface area (Å²) in [4.78, 5) is 20.5. The molecular weight excluding hydrogens is 262 g/mol. The second-order valence-electron chi connectivity index (χ2n) is 3.04. The highest BCUT2D eigenvalue weighted by Gasteiger charge is 2.09. The summed E-state index contributed by atoms with van der Waals surface area (Å²) in [6, 6.07) is 1.41. The summed E-state index contributed by atoms with van der Waals surface area (Å²) in [6.45, 7) is 0. The lowest BCUT2D eigenvalue weighted by atomic mass is 10.3. The van der Waals surface area contributed by atoms with Crippen LogP contribution in [0.1, 0.15) is 10.4 Å². The van der Waals surface area contributed by atoms with Crippen LogP contribution in [0.4, 0.5) is 5.82 Å². The molecule has 5 nitrogen and oxygen atoms in total. The molecule has 0 amide bonds. The Bertz CT molecular complexity index is 404. The highest BCUT2D eigenvalue weighted by Crippen LogP contribution is 2.19. The average molecular weight is 272 g/mol. The van der Waals surface area contributed by atoms with Crippen molar-refractivity contribution in [2.24, 2.45) is 4.99 Å². The second-order valence-corrected chi connectivity index (χ2v) is 3.89. The molecule has 0 saturated heterocycles. The van der Waals surface area contributed by atoms with Gasteiger partial charge in [0.15, 0.2) is 5.82 Å². The molecule has 0 fully saturated rings. The summed E-state index contributed by atoms with van der Waals surface area (Å²) >= 11 is 3.11. The predicted molar refractivity (Wildman–Crippen MR) is 60.7 cm³/mol. The smallest absolute Gasteiger partial charge is 0.337 e. The van der Waals surface area contributed by atoms with Crippen molar-refractivity contribution in [2.75, 3.05) is 14.1 Å². The van der Waals surface area contributed by atoms with Crippen LogP contribution in [0.2, 0.25) is 0 Å². The van der Waals surface area contributed by atoms with E-state index in [1.807, 2.05) is 14.1 Å². The van der Waals surface area contributed by atoms with E-state index in [-0.39, 0.29) is 5.56 Å². The SMILES string of the molecule is CN(C)C=Nc1cc(C(=O)O)c(Br)cn1. The fourth-order valence-electron chi connectivity index (χ4n) is 0.837. The van der Waals surface area contributed by atoms with Crippen LogP contribution in [0.5, 0.6) is 0 Å². The summed E-state index contributed by atoms with van der Waals surface area (Å²) in [5, 5.41) is 8.85. The largest absolute Gasteiger partial charge is 0.478 e. The van der Waals surface area contributed by atoms with Gasteiger partial charge in [0, 0.05) is 20.3 Å². The molecule has 80 valence electrons. The lowest BCUT2D eigenvalue weighted by Gasteiger charge is -2.03. The number of aromatic nitrogens is 1. The van der Waals surface area contributed by atoms with Crippen molar-refractivity contribution in [3.63, 3.8) is 0 Å². The predicted octanol–water partition coefficient (Wildman–Crippen LogP) is 1.76. The molecule has 1 rings (SSSR count). The molecule has 6 heteroatoms. The topological polar surface area (TPSA) is 65.8 Å². The number of carboxylic acids is 1. The number of carboxylic acid groups (broad SMARTS) is 1. The van der Waals surface area contributed by atoms with Gasteiger partial charge in [0.2, 0.25) is 0 Å². The molecule has 0 aliphatic carbocycles. The van der Waals surface area contributed by atoms with Crippen LogP contribution >= 0.6 is 15.9 Å². The highest BCUT2D eigenvalue weighted by molar-refractivity contribution is 9.10. The standard InChI is InChI=1S/C9H10BrN3O2/c1-13(2)5-12-8-3-6(9(14)15)7(10)4-11-8/h3-5H,1-2H3,(H,14,15). The van der Waals surface area contributed by atoms with Crippen LogP contribution < -0.4 is 0 Å². The minimum Gasteiger partial charge on any atom is -0.478 e. The van der Waals surface area contributed by atoms with E-state index in [1.165, 1.54) is 12.3 Å². The number of aromatic carboxylic acids is 1. The Morgan fingerprint density at radius 1 is 1.67 bits per heavy atom. The Kier molecular flexibility index (Phi) is 3.79. The number of carbonyl (C=O) groups is 1. The van der Waals surface area contributed by atoms with Crippen LogP contribution in [0.25, 0.3) is 0 Å². The highest BCUT2D eigenvalue weighted by atomic mass is 79.9. The van der Waals surface area contributed by atoms with Gasteiger partial charge in [-0.25, -0.2) is 14.8 Å². The molecule has 1 aromatic heterocycles. The van der Waals surface area contributed by atoms with Crippen molar-refractivity contribution in [1.29, 1.82) is 0 Å². The van der Waals surface area contributed by atoms with Gasteiger partial charge in [-0.1, -0.05) is 0 Å². The number of hydrogen-bond acceptors (Lipinski definition) is 3. The maximum Gasteiger partial charge on any atom is 0.337 e. The molecule has 0 spiro atoms. The second kappa shape index (κ2) is 4.88. The third-order valence-corrected chi connectivity index (χ3v) is 2.12. The first-order valence-corrected chi connectivity index (χ1v) is 4.89. The van der Waals surface area contributed by atoms with Gasteiger partial charge in [-0.3, -0.25) is 0 Å². The molecule has 1 heterocycles. The maximum absolute atomic E-state index is 10.8. The zero-order chi connectivity index (χ0) is 11.4. The average Bonchev–Trinajstić information content (AvgIpc) is 2.16. The van der Waals surface area contributed by atoms with Gasteiger partial charge in [0.25, 0.3) is 0 Å². The lowest BCUT2D eigenvalue weighted by Crippen LogP contribution is -2.07. The molecular formula is C9H10BrN3O2. The van der Waals surface area contributed by atoms with E-state index in [4.69, 9.17) is 5.11 Å². The van der Waals surface area contributed by atoms with Gasteiger partial charge in [0.1, 0.15) is 0 Å². The number of pyridine rings is 1. The minimum absolute atomic E-state index is 0.149. The van der Waals surface area contributed by atoms with Gasteiger partial charge in [-0.05, 0) is 22.0 Å². The van der Waals surface area contributed by atoms with Crippen molar-refractivity contribution >= 4 is 34.1 Å². The molecule has 0 radical (unpaired) electrons. The number of nitrogens with zero attached hydrogens (tertiary/aromatic N) is 3. The van der Waals surface area contributed by atoms with Gasteiger partial charge in [-0.2, -0.15) is 0 Å². The first kappa shape index (κ1) is 11.6. The first-order chi connectivity index (χ1) is 7.00. The molecule has 1 aromatic rings. The van der Waals surface area contributed by atoms with Crippen molar-refractivity contribution in [3.05, 3.63) is 22.3 Å². The zero-order valence-corrected chi connectivity index (χ0v) is 9.89. The molecule has 0 bridgehead atoms. The fraction of sp³-hybridized carbons (Fsp3) is 0.222. The molecule has 15 heavy (non-hydrogen) atoms. The van der Waals surface area contributed by atoms with Crippen molar-refractivity contribution < 1.29 is 9.90 Å². The van der Waals surface area contributed by atoms with Crippen LogP contribution in [-0.4, -0.2) is 41.4 Å². The molecule has 0 saturated carbocycles. The Labute approximate surface area is 95.6 Å². The summed E-state index contributed by atoms with van der Waals surface area (Å²) in [5.41, 5.74) is 0.149. The molecule has 0 unspecified atom stereocenters. The molecule has 0 aliphatic rings. The van der Waals surface area contributed by atoms with Gasteiger partial charge in [0.05, 0.1) is 16.4 Å². The molecule has 0 atom stereocenters. The van der Waals surface area contributed by atoms with Crippen LogP contribution in [0.15, 0.2) is 21.7 Å². The van der Waals surface area contributed by atoms with Gasteiger partial charge >= 0.3 is 5.97 Å². The van der Waals surface area contributed by atoms with E-state index in [2.05, 4.69) is 25.9 Å². The van der Waals surface area contributed by atoms with E-state index in [0.29, 0.717) is 10.3 Å². The van der Waals surface area contributed by atoms with Crippen molar-refractivity contribution in [2.45, 2.75) is 0 Å². The third-order valence-electron chi connectivity index (χ3n) is 1.49. The normalized spacial score (nSPS) is 10.6. The van der Waals surface area contributed by atoms with E-state index >= 15 is 0 Å². The van der Waals surface area contributed by atoms with E-state index in [9.17, 15) is 4.79 Å². The first-order valence-electron chi connectivity index (χ1n) is 4.10. The monoisotopic (exact) mass is 271 g/mol. The summed E-state index contributed by atoms with van der Waals surface area (Å²) in [7, 11) is 3.64. The summed E-state index contributed by atoms with van der Waals surface area (Å²) < 4.78 is 0.443. The Hall–Kier alpha value is -1.43. The molecule has 0 aromatic carbocycles. The quantitative estimate of drug-likeness (QED) is 0.672. The van der Waals surface area contributed by atoms with Gasteiger partial charge in [-0.15, -0.1) is 0 Å². The fourth-order valence-corrected chi connectivity index (χ4v) is 1.22. The summed E-state index contributed by atoms with van der Waals surface area (Å²) in [5.74, 6) is -0.644. The van der Waals surface area contributed by atoms with E-state index < -0.39 is 5.97 Å². The number of hydrogen-bond donors (Lipinski definition) is 1. The van der Waals surface area contributed by atoms with Crippen molar-refractivity contribution in [1.82, 2.24) is 9.88 Å². The van der Waals surface area contributed by atoms with Crippen LogP contribution in [-0.2, 0) is 0 Å². The number of aliphatic imine (C=N–C) groups is 1. The third kappa shape index (κ3) is 3.32. The van der Waals surface area contributed by atoms with E-state index in [1.54, 1.807) is 11.2 Å². The zero-order valence-electron chi connectivity index (χ0n) is 8.31. The summed E-state index contributed by atoms with van der Waals surface area (Å²) in [6.07, 6.45) is 2.98. The Morgan fingerprint density at radius 3 is 2.87 bits per heavy atom. The molecule has 0 aliphatic heterocycles. The maximum atomic E-state index is 10.8. The van der Waals surface area contributed by atoms with Crippen molar-refractivity contribution in [3.8, 4) is 0 Å². The van der Waals surface area contributed by atoms with E-state index in [0.717, 1.165) is 0 Å². The number of halogens is 1.